The molecule has 23 heavy (non-hydrogen) atoms. The van der Waals surface area contributed by atoms with Gasteiger partial charge >= 0.3 is 0 Å². The first-order valence-electron chi connectivity index (χ1n) is 8.14. The van der Waals surface area contributed by atoms with Crippen molar-refractivity contribution in [1.82, 2.24) is 0 Å². The molecule has 2 heteroatoms. The third kappa shape index (κ3) is 2.70. The first-order valence-corrected chi connectivity index (χ1v) is 8.14. The lowest BCUT2D eigenvalue weighted by molar-refractivity contribution is -0.433. The molecule has 2 aromatic rings. The number of hydrogen-bond donors (Lipinski definition) is 0. The molecule has 0 N–H and O–H groups in total. The number of para-hydroxylation sites is 1. The largest absolute Gasteiger partial charge is 0.497 e. The molecular formula is C21H24NO+. The second-order valence-electron chi connectivity index (χ2n) is 6.38. The van der Waals surface area contributed by atoms with Gasteiger partial charge < -0.3 is 4.74 Å². The van der Waals surface area contributed by atoms with Crippen LogP contribution in [-0.4, -0.2) is 23.9 Å². The fourth-order valence-electron chi connectivity index (χ4n) is 3.37. The smallest absolute Gasteiger partial charge is 0.209 e. The first kappa shape index (κ1) is 15.5. The zero-order valence-electron chi connectivity index (χ0n) is 14.3. The van der Waals surface area contributed by atoms with Gasteiger partial charge in [-0.2, -0.15) is 4.58 Å². The van der Waals surface area contributed by atoms with Crippen LogP contribution in [0.5, 0.6) is 5.75 Å². The number of methoxy groups -OCH3 is 1. The van der Waals surface area contributed by atoms with Gasteiger partial charge in [-0.3, -0.25) is 0 Å². The van der Waals surface area contributed by atoms with Gasteiger partial charge in [0.05, 0.1) is 12.5 Å². The van der Waals surface area contributed by atoms with E-state index in [1.807, 2.05) is 12.1 Å². The Labute approximate surface area is 138 Å². The summed E-state index contributed by atoms with van der Waals surface area (Å²) in [6.07, 6.45) is 4.44. The number of fused-ring (bicyclic) bond motifs is 1. The Kier molecular flexibility index (Phi) is 4.08. The predicted octanol–water partition coefficient (Wildman–Crippen LogP) is 4.80. The topological polar surface area (TPSA) is 12.2 Å². The molecule has 1 heterocycles. The summed E-state index contributed by atoms with van der Waals surface area (Å²) < 4.78 is 7.63. The monoisotopic (exact) mass is 306 g/mol. The van der Waals surface area contributed by atoms with Crippen LogP contribution in [-0.2, 0) is 5.41 Å². The van der Waals surface area contributed by atoms with Crippen molar-refractivity contribution in [1.29, 1.82) is 0 Å². The van der Waals surface area contributed by atoms with Gasteiger partial charge in [-0.05, 0) is 44.5 Å². The van der Waals surface area contributed by atoms with E-state index in [0.717, 1.165) is 12.3 Å². The Morgan fingerprint density at radius 2 is 1.70 bits per heavy atom. The van der Waals surface area contributed by atoms with Crippen molar-refractivity contribution in [3.05, 3.63) is 65.7 Å². The van der Waals surface area contributed by atoms with Crippen LogP contribution in [0.2, 0.25) is 0 Å². The molecule has 1 aliphatic rings. The predicted molar refractivity (Wildman–Crippen MR) is 97.0 cm³/mol. The van der Waals surface area contributed by atoms with Gasteiger partial charge in [-0.1, -0.05) is 30.3 Å². The molecule has 0 amide bonds. The fraction of sp³-hybridized carbons (Fsp3) is 0.286. The molecule has 2 nitrogen and oxygen atoms in total. The van der Waals surface area contributed by atoms with Gasteiger partial charge in [-0.25, -0.2) is 0 Å². The molecule has 2 aromatic carbocycles. The van der Waals surface area contributed by atoms with Crippen molar-refractivity contribution >= 4 is 17.5 Å². The van der Waals surface area contributed by atoms with Crippen molar-refractivity contribution in [2.75, 3.05) is 13.7 Å². The number of ether oxygens (including phenoxy) is 1. The van der Waals surface area contributed by atoms with Crippen LogP contribution in [0.1, 0.15) is 31.9 Å². The van der Waals surface area contributed by atoms with Crippen LogP contribution in [0.15, 0.2) is 54.6 Å². The highest BCUT2D eigenvalue weighted by molar-refractivity contribution is 6.05. The van der Waals surface area contributed by atoms with E-state index in [9.17, 15) is 0 Å². The summed E-state index contributed by atoms with van der Waals surface area (Å²) in [6.45, 7) is 7.78. The van der Waals surface area contributed by atoms with Crippen molar-refractivity contribution in [3.63, 3.8) is 0 Å². The summed E-state index contributed by atoms with van der Waals surface area (Å²) in [5.41, 5.74) is 5.28. The number of hydrogen-bond acceptors (Lipinski definition) is 1. The summed E-state index contributed by atoms with van der Waals surface area (Å²) in [4.78, 5) is 0. The third-order valence-corrected chi connectivity index (χ3v) is 4.67. The molecule has 0 aliphatic carbocycles. The second kappa shape index (κ2) is 6.04. The Bertz CT molecular complexity index is 767. The molecule has 1 aliphatic heterocycles. The number of rotatable bonds is 4. The fourth-order valence-corrected chi connectivity index (χ4v) is 3.37. The molecule has 0 spiro atoms. The molecule has 118 valence electrons. The van der Waals surface area contributed by atoms with Gasteiger partial charge in [0.1, 0.15) is 12.3 Å². The summed E-state index contributed by atoms with van der Waals surface area (Å²) in [5, 5.41) is 0. The van der Waals surface area contributed by atoms with E-state index in [0.29, 0.717) is 0 Å². The Morgan fingerprint density at radius 3 is 2.35 bits per heavy atom. The number of nitrogens with zero attached hydrogens (tertiary/aromatic N) is 1. The molecule has 0 aromatic heterocycles. The lowest BCUT2D eigenvalue weighted by Gasteiger charge is -2.15. The maximum absolute atomic E-state index is 5.22. The normalized spacial score (nSPS) is 16.0. The average Bonchev–Trinajstić information content (AvgIpc) is 2.80. The van der Waals surface area contributed by atoms with E-state index >= 15 is 0 Å². The van der Waals surface area contributed by atoms with Gasteiger partial charge in [0.15, 0.2) is 5.71 Å². The SMILES string of the molecule is CC[N+]1=C(/C=C/c2ccc(OC)cc2)C(C)(C)c2ccccc21. The summed E-state index contributed by atoms with van der Waals surface area (Å²) >= 11 is 0. The molecule has 3 rings (SSSR count). The van der Waals surface area contributed by atoms with Crippen LogP contribution in [0, 0.1) is 0 Å². The molecule has 0 unspecified atom stereocenters. The van der Waals surface area contributed by atoms with Crippen molar-refractivity contribution in [3.8, 4) is 5.75 Å². The minimum atomic E-state index is 0.0234. The second-order valence-corrected chi connectivity index (χ2v) is 6.38. The zero-order chi connectivity index (χ0) is 16.4. The maximum atomic E-state index is 5.22. The van der Waals surface area contributed by atoms with Crippen molar-refractivity contribution in [2.45, 2.75) is 26.2 Å². The standard InChI is InChI=1S/C21H24NO/c1-5-22-19-9-7-6-8-18(19)21(2,3)20(22)15-12-16-10-13-17(23-4)14-11-16/h6-15H,5H2,1-4H3/q+1/b15-12+. The molecule has 0 bridgehead atoms. The summed E-state index contributed by atoms with van der Waals surface area (Å²) in [7, 11) is 1.69. The number of benzene rings is 2. The van der Waals surface area contributed by atoms with Crippen LogP contribution in [0.4, 0.5) is 5.69 Å². The van der Waals surface area contributed by atoms with Crippen molar-refractivity contribution < 1.29 is 9.31 Å². The maximum Gasteiger partial charge on any atom is 0.209 e. The average molecular weight is 306 g/mol. The highest BCUT2D eigenvalue weighted by Gasteiger charge is 2.43. The van der Waals surface area contributed by atoms with E-state index in [2.05, 4.69) is 73.9 Å². The van der Waals surface area contributed by atoms with Gasteiger partial charge in [0.25, 0.3) is 0 Å². The minimum Gasteiger partial charge on any atom is -0.497 e. The molecule has 0 saturated carbocycles. The van der Waals surface area contributed by atoms with E-state index in [-0.39, 0.29) is 5.41 Å². The first-order chi connectivity index (χ1) is 11.1. The Balaban J connectivity index is 1.99. The van der Waals surface area contributed by atoms with Crippen LogP contribution in [0.25, 0.3) is 6.08 Å². The molecule has 0 atom stereocenters. The molecule has 0 radical (unpaired) electrons. The van der Waals surface area contributed by atoms with Crippen molar-refractivity contribution in [2.24, 2.45) is 0 Å². The van der Waals surface area contributed by atoms with Gasteiger partial charge in [-0.15, -0.1) is 0 Å². The number of allylic oxidation sites excluding steroid dienone is 1. The van der Waals surface area contributed by atoms with E-state index in [1.54, 1.807) is 7.11 Å². The lowest BCUT2D eigenvalue weighted by atomic mass is 9.81. The molecule has 0 fully saturated rings. The van der Waals surface area contributed by atoms with Gasteiger partial charge in [0, 0.05) is 17.7 Å². The molecular weight excluding hydrogens is 282 g/mol. The highest BCUT2D eigenvalue weighted by Crippen LogP contribution is 2.39. The quantitative estimate of drug-likeness (QED) is 0.739. The van der Waals surface area contributed by atoms with Crippen LogP contribution < -0.4 is 4.74 Å². The Morgan fingerprint density at radius 1 is 1.00 bits per heavy atom. The summed E-state index contributed by atoms with van der Waals surface area (Å²) in [5.74, 6) is 0.888. The highest BCUT2D eigenvalue weighted by atomic mass is 16.5. The van der Waals surface area contributed by atoms with E-state index in [4.69, 9.17) is 4.74 Å². The van der Waals surface area contributed by atoms with E-state index < -0.39 is 0 Å². The van der Waals surface area contributed by atoms with Crippen LogP contribution >= 0.6 is 0 Å². The van der Waals surface area contributed by atoms with Gasteiger partial charge in [0.2, 0.25) is 5.69 Å². The molecule has 0 saturated heterocycles. The lowest BCUT2D eigenvalue weighted by Crippen LogP contribution is -2.27. The van der Waals surface area contributed by atoms with Crippen LogP contribution in [0.3, 0.4) is 0 Å². The third-order valence-electron chi connectivity index (χ3n) is 4.67. The zero-order valence-corrected chi connectivity index (χ0v) is 14.3. The summed E-state index contributed by atoms with van der Waals surface area (Å²) in [6, 6.07) is 16.9. The van der Waals surface area contributed by atoms with E-state index in [1.165, 1.54) is 22.5 Å². The Hall–Kier alpha value is -2.35. The minimum absolute atomic E-state index is 0.0234.